The number of rotatable bonds is 6. The summed E-state index contributed by atoms with van der Waals surface area (Å²) in [5.74, 6) is 0. The lowest BCUT2D eigenvalue weighted by atomic mass is 10.1. The van der Waals surface area contributed by atoms with Gasteiger partial charge in [0, 0.05) is 18.7 Å². The molecule has 1 heterocycles. The van der Waals surface area contributed by atoms with E-state index in [-0.39, 0.29) is 6.04 Å². The molecule has 0 radical (unpaired) electrons. The summed E-state index contributed by atoms with van der Waals surface area (Å²) in [7, 11) is 1.71. The first-order chi connectivity index (χ1) is 11.3. The van der Waals surface area contributed by atoms with Gasteiger partial charge in [-0.3, -0.25) is 0 Å². The van der Waals surface area contributed by atoms with E-state index in [0.717, 1.165) is 16.4 Å². The van der Waals surface area contributed by atoms with E-state index in [1.54, 1.807) is 18.4 Å². The van der Waals surface area contributed by atoms with E-state index in [1.165, 1.54) is 10.4 Å². The number of benzene rings is 2. The molecule has 2 aromatic carbocycles. The van der Waals surface area contributed by atoms with Crippen molar-refractivity contribution in [2.45, 2.75) is 13.0 Å². The molecule has 118 valence electrons. The smallest absolute Gasteiger partial charge is 0.184 e. The standard InChI is InChI=1S/C19H20N2OS/c1-14(13-22-2)20-19-21-17(15-9-5-3-6-10-15)18(23-19)16-11-7-4-8-12-16/h3-12,14H,13H2,1-2H3,(H,20,21). The summed E-state index contributed by atoms with van der Waals surface area (Å²) in [4.78, 5) is 6.02. The molecule has 3 rings (SSSR count). The first kappa shape index (κ1) is 15.7. The zero-order valence-electron chi connectivity index (χ0n) is 13.3. The average molecular weight is 324 g/mol. The number of ether oxygens (including phenoxy) is 1. The van der Waals surface area contributed by atoms with Gasteiger partial charge in [-0.05, 0) is 12.5 Å². The van der Waals surface area contributed by atoms with Crippen LogP contribution in [0, 0.1) is 0 Å². The summed E-state index contributed by atoms with van der Waals surface area (Å²) >= 11 is 1.68. The predicted octanol–water partition coefficient (Wildman–Crippen LogP) is 4.92. The molecule has 0 saturated heterocycles. The lowest BCUT2D eigenvalue weighted by Crippen LogP contribution is -2.20. The van der Waals surface area contributed by atoms with Gasteiger partial charge in [-0.15, -0.1) is 0 Å². The van der Waals surface area contributed by atoms with Crippen LogP contribution in [0.4, 0.5) is 5.13 Å². The molecule has 1 N–H and O–H groups in total. The molecule has 0 aliphatic heterocycles. The minimum Gasteiger partial charge on any atom is -0.383 e. The number of hydrogen-bond acceptors (Lipinski definition) is 4. The third kappa shape index (κ3) is 3.78. The second kappa shape index (κ2) is 7.40. The van der Waals surface area contributed by atoms with E-state index in [9.17, 15) is 0 Å². The van der Waals surface area contributed by atoms with Crippen LogP contribution in [0.3, 0.4) is 0 Å². The monoisotopic (exact) mass is 324 g/mol. The Morgan fingerprint density at radius 3 is 2.22 bits per heavy atom. The van der Waals surface area contributed by atoms with Crippen LogP contribution in [-0.2, 0) is 4.74 Å². The molecule has 3 nitrogen and oxygen atoms in total. The van der Waals surface area contributed by atoms with Crippen molar-refractivity contribution in [2.24, 2.45) is 0 Å². The minimum absolute atomic E-state index is 0.221. The zero-order chi connectivity index (χ0) is 16.1. The Bertz CT molecular complexity index is 684. The number of aromatic nitrogens is 1. The Morgan fingerprint density at radius 1 is 1.00 bits per heavy atom. The van der Waals surface area contributed by atoms with Crippen molar-refractivity contribution in [3.63, 3.8) is 0 Å². The SMILES string of the molecule is COCC(C)Nc1nc(-c2ccccc2)c(-c2ccccc2)s1. The number of nitrogens with one attached hydrogen (secondary N) is 1. The molecule has 23 heavy (non-hydrogen) atoms. The van der Waals surface area contributed by atoms with Gasteiger partial charge in [-0.2, -0.15) is 0 Å². The Balaban J connectivity index is 2.01. The van der Waals surface area contributed by atoms with Crippen LogP contribution in [0.25, 0.3) is 21.7 Å². The summed E-state index contributed by atoms with van der Waals surface area (Å²) in [6.07, 6.45) is 0. The van der Waals surface area contributed by atoms with Crippen LogP contribution in [0.5, 0.6) is 0 Å². The van der Waals surface area contributed by atoms with Gasteiger partial charge < -0.3 is 10.1 Å². The van der Waals surface area contributed by atoms with Gasteiger partial charge in [0.25, 0.3) is 0 Å². The van der Waals surface area contributed by atoms with Gasteiger partial charge >= 0.3 is 0 Å². The molecule has 1 unspecified atom stereocenters. The van der Waals surface area contributed by atoms with Crippen LogP contribution >= 0.6 is 11.3 Å². The Morgan fingerprint density at radius 2 is 1.61 bits per heavy atom. The van der Waals surface area contributed by atoms with Gasteiger partial charge in [0.2, 0.25) is 0 Å². The fraction of sp³-hybridized carbons (Fsp3) is 0.211. The summed E-state index contributed by atoms with van der Waals surface area (Å²) in [5.41, 5.74) is 3.35. The molecule has 3 aromatic rings. The quantitative estimate of drug-likeness (QED) is 0.698. The van der Waals surface area contributed by atoms with Crippen molar-refractivity contribution in [3.8, 4) is 21.7 Å². The fourth-order valence-electron chi connectivity index (χ4n) is 2.46. The highest BCUT2D eigenvalue weighted by Crippen LogP contribution is 2.39. The van der Waals surface area contributed by atoms with Crippen molar-refractivity contribution in [3.05, 3.63) is 60.7 Å². The second-order valence-corrected chi connectivity index (χ2v) is 6.43. The molecular weight excluding hydrogens is 304 g/mol. The Hall–Kier alpha value is -2.17. The van der Waals surface area contributed by atoms with Crippen molar-refractivity contribution >= 4 is 16.5 Å². The maximum Gasteiger partial charge on any atom is 0.184 e. The molecule has 0 spiro atoms. The fourth-order valence-corrected chi connectivity index (χ4v) is 3.57. The second-order valence-electron chi connectivity index (χ2n) is 5.43. The van der Waals surface area contributed by atoms with Gasteiger partial charge in [0.15, 0.2) is 5.13 Å². The van der Waals surface area contributed by atoms with Crippen LogP contribution in [0.1, 0.15) is 6.92 Å². The zero-order valence-corrected chi connectivity index (χ0v) is 14.1. The first-order valence-electron chi connectivity index (χ1n) is 7.65. The minimum atomic E-state index is 0.221. The van der Waals surface area contributed by atoms with Crippen molar-refractivity contribution < 1.29 is 4.74 Å². The molecule has 1 atom stereocenters. The highest BCUT2D eigenvalue weighted by Gasteiger charge is 2.15. The maximum atomic E-state index is 5.20. The topological polar surface area (TPSA) is 34.1 Å². The van der Waals surface area contributed by atoms with E-state index in [2.05, 4.69) is 48.6 Å². The molecular formula is C19H20N2OS. The summed E-state index contributed by atoms with van der Waals surface area (Å²) in [6.45, 7) is 2.75. The van der Waals surface area contributed by atoms with Crippen molar-refractivity contribution in [2.75, 3.05) is 19.0 Å². The van der Waals surface area contributed by atoms with Crippen LogP contribution in [0.15, 0.2) is 60.7 Å². The molecule has 0 aliphatic rings. The first-order valence-corrected chi connectivity index (χ1v) is 8.46. The van der Waals surface area contributed by atoms with Gasteiger partial charge in [0.05, 0.1) is 17.2 Å². The molecule has 0 aliphatic carbocycles. The predicted molar refractivity (Wildman–Crippen MR) is 97.9 cm³/mol. The Kier molecular flexibility index (Phi) is 5.05. The van der Waals surface area contributed by atoms with Crippen LogP contribution in [0.2, 0.25) is 0 Å². The largest absolute Gasteiger partial charge is 0.383 e. The lowest BCUT2D eigenvalue weighted by molar-refractivity contribution is 0.190. The summed E-state index contributed by atoms with van der Waals surface area (Å²) in [6, 6.07) is 20.9. The van der Waals surface area contributed by atoms with E-state index in [4.69, 9.17) is 9.72 Å². The normalized spacial score (nSPS) is 12.1. The van der Waals surface area contributed by atoms with Crippen molar-refractivity contribution in [1.82, 2.24) is 4.98 Å². The molecule has 0 amide bonds. The molecule has 4 heteroatoms. The van der Waals surface area contributed by atoms with Gasteiger partial charge in [-0.25, -0.2) is 4.98 Å². The lowest BCUT2D eigenvalue weighted by Gasteiger charge is -2.10. The Labute approximate surface area is 141 Å². The summed E-state index contributed by atoms with van der Waals surface area (Å²) < 4.78 is 5.20. The highest BCUT2D eigenvalue weighted by molar-refractivity contribution is 7.19. The number of nitrogens with zero attached hydrogens (tertiary/aromatic N) is 1. The van der Waals surface area contributed by atoms with E-state index in [1.807, 2.05) is 24.3 Å². The maximum absolute atomic E-state index is 5.20. The van der Waals surface area contributed by atoms with Gasteiger partial charge in [-0.1, -0.05) is 72.0 Å². The molecule has 0 fully saturated rings. The highest BCUT2D eigenvalue weighted by atomic mass is 32.1. The van der Waals surface area contributed by atoms with Gasteiger partial charge in [0.1, 0.15) is 0 Å². The summed E-state index contributed by atoms with van der Waals surface area (Å²) in [5, 5.41) is 4.35. The van der Waals surface area contributed by atoms with Crippen LogP contribution < -0.4 is 5.32 Å². The third-order valence-electron chi connectivity index (χ3n) is 3.50. The third-order valence-corrected chi connectivity index (χ3v) is 4.53. The van der Waals surface area contributed by atoms with Crippen molar-refractivity contribution in [1.29, 1.82) is 0 Å². The van der Waals surface area contributed by atoms with Crippen LogP contribution in [-0.4, -0.2) is 24.7 Å². The average Bonchev–Trinajstić information content (AvgIpc) is 3.00. The molecule has 0 bridgehead atoms. The number of hydrogen-bond donors (Lipinski definition) is 1. The molecule has 1 aromatic heterocycles. The number of methoxy groups -OCH3 is 1. The number of anilines is 1. The number of thiazole rings is 1. The van der Waals surface area contributed by atoms with E-state index in [0.29, 0.717) is 6.61 Å². The van der Waals surface area contributed by atoms with E-state index < -0.39 is 0 Å². The van der Waals surface area contributed by atoms with E-state index >= 15 is 0 Å². The molecule has 0 saturated carbocycles.